The maximum atomic E-state index is 13.2. The summed E-state index contributed by atoms with van der Waals surface area (Å²) in [5.74, 6) is 0.321. The Kier molecular flexibility index (Phi) is 5.74. The highest BCUT2D eigenvalue weighted by Gasteiger charge is 2.47. The van der Waals surface area contributed by atoms with E-state index >= 15 is 0 Å². The zero-order valence-electron chi connectivity index (χ0n) is 20.1. The first kappa shape index (κ1) is 24.8. The van der Waals surface area contributed by atoms with Gasteiger partial charge in [-0.2, -0.15) is 23.4 Å². The van der Waals surface area contributed by atoms with Gasteiger partial charge in [0.25, 0.3) is 0 Å². The first-order valence-corrected chi connectivity index (χ1v) is 13.7. The summed E-state index contributed by atoms with van der Waals surface area (Å²) in [5.41, 5.74) is 9.10. The molecule has 0 spiro atoms. The van der Waals surface area contributed by atoms with Gasteiger partial charge in [-0.15, -0.1) is 0 Å². The fourth-order valence-electron chi connectivity index (χ4n) is 5.26. The average Bonchev–Trinajstić information content (AvgIpc) is 3.43. The molecule has 0 atom stereocenters. The molecule has 2 N–H and O–H groups in total. The van der Waals surface area contributed by atoms with Crippen LogP contribution in [0.15, 0.2) is 48.9 Å². The predicted octanol–water partition coefficient (Wildman–Crippen LogP) is 2.36. The number of halogens is 3. The lowest BCUT2D eigenvalue weighted by Crippen LogP contribution is -2.62. The van der Waals surface area contributed by atoms with Gasteiger partial charge >= 0.3 is 6.18 Å². The second-order valence-electron chi connectivity index (χ2n) is 9.58. The van der Waals surface area contributed by atoms with Gasteiger partial charge in [0.2, 0.25) is 0 Å². The van der Waals surface area contributed by atoms with Crippen molar-refractivity contribution in [2.75, 3.05) is 43.5 Å². The molecule has 5 heterocycles. The molecule has 1 aromatic carbocycles. The van der Waals surface area contributed by atoms with Crippen molar-refractivity contribution < 1.29 is 26.3 Å². The third kappa shape index (κ3) is 4.22. The largest absolute Gasteiger partial charge is 0.408 e. The van der Waals surface area contributed by atoms with E-state index in [2.05, 4.69) is 20.1 Å². The molecule has 0 amide bonds. The van der Waals surface area contributed by atoms with E-state index in [0.29, 0.717) is 43.1 Å². The minimum absolute atomic E-state index is 0.100. The normalized spacial score (nSPS) is 19.4. The lowest BCUT2D eigenvalue weighted by atomic mass is 9.84. The molecule has 4 aromatic rings. The summed E-state index contributed by atoms with van der Waals surface area (Å²) in [6.07, 6.45) is -1.85. The zero-order valence-corrected chi connectivity index (χ0v) is 20.9. The van der Waals surface area contributed by atoms with Gasteiger partial charge in [-0.1, -0.05) is 18.2 Å². The van der Waals surface area contributed by atoms with Crippen LogP contribution >= 0.6 is 0 Å². The number of nitrogens with two attached hydrogens (primary N) is 1. The van der Waals surface area contributed by atoms with Crippen molar-refractivity contribution in [3.63, 3.8) is 0 Å². The summed E-state index contributed by atoms with van der Waals surface area (Å²) in [6, 6.07) is 11.0. The fraction of sp³-hybridized carbons (Fsp3) is 0.375. The van der Waals surface area contributed by atoms with Crippen molar-refractivity contribution in [2.24, 2.45) is 0 Å². The zero-order chi connectivity index (χ0) is 26.7. The van der Waals surface area contributed by atoms with Crippen molar-refractivity contribution in [3.8, 4) is 22.5 Å². The molecule has 2 saturated heterocycles. The lowest BCUT2D eigenvalue weighted by molar-refractivity contribution is -0.144. The summed E-state index contributed by atoms with van der Waals surface area (Å²) in [7, 11) is -3.05. The number of hydrogen-bond acceptors (Lipinski definition) is 8. The number of nitrogen functional groups attached to an aromatic ring is 1. The molecule has 14 heteroatoms. The highest BCUT2D eigenvalue weighted by Crippen LogP contribution is 2.40. The van der Waals surface area contributed by atoms with E-state index in [1.807, 2.05) is 24.3 Å². The number of rotatable bonds is 5. The molecule has 2 aliphatic rings. The molecule has 6 rings (SSSR count). The summed E-state index contributed by atoms with van der Waals surface area (Å²) < 4.78 is 71.7. The van der Waals surface area contributed by atoms with E-state index in [0.717, 1.165) is 15.8 Å². The Hall–Kier alpha value is -3.49. The molecule has 2 aliphatic heterocycles. The van der Waals surface area contributed by atoms with Crippen molar-refractivity contribution in [1.82, 2.24) is 29.3 Å². The average molecular weight is 548 g/mol. The van der Waals surface area contributed by atoms with Crippen LogP contribution in [-0.4, -0.2) is 81.7 Å². The van der Waals surface area contributed by atoms with Crippen LogP contribution < -0.4 is 5.73 Å². The Balaban J connectivity index is 1.45. The third-order valence-corrected chi connectivity index (χ3v) is 8.84. The maximum Gasteiger partial charge on any atom is 0.408 e. The van der Waals surface area contributed by atoms with Crippen LogP contribution in [0.5, 0.6) is 0 Å². The number of benzene rings is 1. The standard InChI is InChI=1S/C24H24F3N7O3S/c25-24(26,27)12-33-19(4-5-30-33)18-11-20(34-21(18)22(28)29-15-31-34)16-2-1-3-17(10-16)23(13-37-14-23)32-6-8-38(35,36)9-7-32/h1-5,10-11,15H,6-9,12-14H2,(H2,28,29,31). The number of aromatic nitrogens is 5. The second kappa shape index (κ2) is 8.78. The van der Waals surface area contributed by atoms with Gasteiger partial charge in [-0.05, 0) is 23.8 Å². The highest BCUT2D eigenvalue weighted by atomic mass is 32.2. The Labute approximate surface area is 215 Å². The molecule has 0 radical (unpaired) electrons. The van der Waals surface area contributed by atoms with Crippen molar-refractivity contribution >= 4 is 21.2 Å². The van der Waals surface area contributed by atoms with Crippen molar-refractivity contribution in [2.45, 2.75) is 18.3 Å². The minimum Gasteiger partial charge on any atom is -0.382 e. The number of alkyl halides is 3. The van der Waals surface area contributed by atoms with Crippen LogP contribution in [0.1, 0.15) is 5.56 Å². The Bertz CT molecular complexity index is 1610. The van der Waals surface area contributed by atoms with Crippen molar-refractivity contribution in [3.05, 3.63) is 54.5 Å². The van der Waals surface area contributed by atoms with Crippen molar-refractivity contribution in [1.29, 1.82) is 0 Å². The van der Waals surface area contributed by atoms with E-state index in [-0.39, 0.29) is 23.0 Å². The lowest BCUT2D eigenvalue weighted by Gasteiger charge is -2.51. The van der Waals surface area contributed by atoms with Gasteiger partial charge in [0.05, 0.1) is 41.6 Å². The monoisotopic (exact) mass is 547 g/mol. The highest BCUT2D eigenvalue weighted by molar-refractivity contribution is 7.91. The fourth-order valence-corrected chi connectivity index (χ4v) is 6.46. The van der Waals surface area contributed by atoms with E-state index in [9.17, 15) is 21.6 Å². The summed E-state index contributed by atoms with van der Waals surface area (Å²) in [4.78, 5) is 6.22. The molecule has 3 aromatic heterocycles. The predicted molar refractivity (Wildman–Crippen MR) is 133 cm³/mol. The van der Waals surface area contributed by atoms with E-state index < -0.39 is 28.1 Å². The SMILES string of the molecule is Nc1ncnn2c(-c3cccc(C4(N5CCS(=O)(=O)CC5)COC4)c3)cc(-c3ccnn3CC(F)(F)F)c12. The molecular formula is C24H24F3N7O3S. The molecule has 0 bridgehead atoms. The Morgan fingerprint density at radius 3 is 2.50 bits per heavy atom. The van der Waals surface area contributed by atoms with Gasteiger partial charge in [0.15, 0.2) is 15.7 Å². The number of nitrogens with zero attached hydrogens (tertiary/aromatic N) is 6. The van der Waals surface area contributed by atoms with Gasteiger partial charge in [-0.25, -0.2) is 17.9 Å². The summed E-state index contributed by atoms with van der Waals surface area (Å²) in [5, 5.41) is 8.22. The van der Waals surface area contributed by atoms with Crippen LogP contribution in [0.25, 0.3) is 28.0 Å². The topological polar surface area (TPSA) is 121 Å². The Morgan fingerprint density at radius 2 is 1.82 bits per heavy atom. The molecule has 0 saturated carbocycles. The number of sulfone groups is 1. The molecule has 0 aliphatic carbocycles. The summed E-state index contributed by atoms with van der Waals surface area (Å²) >= 11 is 0. The van der Waals surface area contributed by atoms with Crippen LogP contribution in [0.4, 0.5) is 19.0 Å². The quantitative estimate of drug-likeness (QED) is 0.404. The molecule has 2 fully saturated rings. The van der Waals surface area contributed by atoms with Gasteiger partial charge in [0.1, 0.15) is 18.4 Å². The van der Waals surface area contributed by atoms with E-state index in [1.165, 1.54) is 18.6 Å². The molecule has 10 nitrogen and oxygen atoms in total. The molecule has 38 heavy (non-hydrogen) atoms. The van der Waals surface area contributed by atoms with Crippen LogP contribution in [0.3, 0.4) is 0 Å². The summed E-state index contributed by atoms with van der Waals surface area (Å²) in [6.45, 7) is 0.451. The van der Waals surface area contributed by atoms with E-state index in [1.54, 1.807) is 10.6 Å². The van der Waals surface area contributed by atoms with Crippen LogP contribution in [-0.2, 0) is 26.7 Å². The van der Waals surface area contributed by atoms with Gasteiger partial charge in [0, 0.05) is 30.4 Å². The number of hydrogen-bond donors (Lipinski definition) is 1. The molecular weight excluding hydrogens is 523 g/mol. The van der Waals surface area contributed by atoms with E-state index in [4.69, 9.17) is 10.5 Å². The van der Waals surface area contributed by atoms with Crippen LogP contribution in [0.2, 0.25) is 0 Å². The van der Waals surface area contributed by atoms with Gasteiger partial charge < -0.3 is 10.5 Å². The molecule has 0 unspecified atom stereocenters. The number of anilines is 1. The molecule has 200 valence electrons. The number of fused-ring (bicyclic) bond motifs is 1. The first-order valence-electron chi connectivity index (χ1n) is 11.9. The number of ether oxygens (including phenoxy) is 1. The maximum absolute atomic E-state index is 13.2. The first-order chi connectivity index (χ1) is 18.1. The Morgan fingerprint density at radius 1 is 1.05 bits per heavy atom. The van der Waals surface area contributed by atoms with Gasteiger partial charge in [-0.3, -0.25) is 9.58 Å². The minimum atomic E-state index is -4.46. The second-order valence-corrected chi connectivity index (χ2v) is 11.9. The third-order valence-electron chi connectivity index (χ3n) is 7.23. The van der Waals surface area contributed by atoms with Crippen LogP contribution in [0, 0.1) is 0 Å². The smallest absolute Gasteiger partial charge is 0.382 e.